The lowest BCUT2D eigenvalue weighted by Gasteiger charge is -2.08. The Hall–Kier alpha value is -2.48. The van der Waals surface area contributed by atoms with Gasteiger partial charge in [0.05, 0.1) is 17.2 Å². The largest absolute Gasteiger partial charge is 0.466 e. The molecule has 0 radical (unpaired) electrons. The van der Waals surface area contributed by atoms with Crippen molar-refractivity contribution in [3.8, 4) is 6.07 Å². The van der Waals surface area contributed by atoms with Crippen LogP contribution in [0.3, 0.4) is 0 Å². The molecule has 2 aromatic rings. The smallest absolute Gasteiger partial charge is 0.416 e. The molecule has 108 valence electrons. The number of halogens is 3. The Kier molecular flexibility index (Phi) is 3.90. The number of allylic oxidation sites excluding steroid dienone is 1. The van der Waals surface area contributed by atoms with Gasteiger partial charge in [-0.15, -0.1) is 0 Å². The van der Waals surface area contributed by atoms with Crippen molar-refractivity contribution in [3.05, 3.63) is 58.5 Å². The number of rotatable bonds is 2. The van der Waals surface area contributed by atoms with E-state index in [0.29, 0.717) is 17.1 Å². The predicted molar refractivity (Wildman–Crippen MR) is 73.1 cm³/mol. The van der Waals surface area contributed by atoms with E-state index in [4.69, 9.17) is 4.42 Å². The van der Waals surface area contributed by atoms with Gasteiger partial charge < -0.3 is 4.42 Å². The predicted octanol–water partition coefficient (Wildman–Crippen LogP) is 4.98. The Morgan fingerprint density at radius 1 is 1.24 bits per heavy atom. The van der Waals surface area contributed by atoms with Crippen LogP contribution >= 0.6 is 0 Å². The second kappa shape index (κ2) is 5.49. The average molecular weight is 291 g/mol. The van der Waals surface area contributed by atoms with Gasteiger partial charge in [-0.1, -0.05) is 12.1 Å². The first kappa shape index (κ1) is 14.9. The van der Waals surface area contributed by atoms with Crippen LogP contribution in [0.1, 0.15) is 28.2 Å². The molecule has 0 amide bonds. The van der Waals surface area contributed by atoms with Crippen molar-refractivity contribution in [1.29, 1.82) is 5.26 Å². The van der Waals surface area contributed by atoms with Crippen LogP contribution in [-0.2, 0) is 6.18 Å². The van der Waals surface area contributed by atoms with Gasteiger partial charge in [0.2, 0.25) is 0 Å². The van der Waals surface area contributed by atoms with Crippen LogP contribution in [0.4, 0.5) is 13.2 Å². The van der Waals surface area contributed by atoms with Gasteiger partial charge >= 0.3 is 6.18 Å². The summed E-state index contributed by atoms with van der Waals surface area (Å²) in [6, 6.07) is 8.39. The van der Waals surface area contributed by atoms with E-state index in [-0.39, 0.29) is 11.1 Å². The molecule has 0 spiro atoms. The molecule has 0 unspecified atom stereocenters. The van der Waals surface area contributed by atoms with E-state index in [0.717, 1.165) is 12.1 Å². The highest BCUT2D eigenvalue weighted by atomic mass is 19.4. The first-order chi connectivity index (χ1) is 9.81. The highest BCUT2D eigenvalue weighted by Crippen LogP contribution is 2.31. The molecule has 0 bridgehead atoms. The van der Waals surface area contributed by atoms with Gasteiger partial charge in [-0.3, -0.25) is 0 Å². The molecule has 0 aliphatic carbocycles. The number of hydrogen-bond acceptors (Lipinski definition) is 2. The van der Waals surface area contributed by atoms with Crippen molar-refractivity contribution in [2.75, 3.05) is 0 Å². The first-order valence-electron chi connectivity index (χ1n) is 6.17. The molecule has 2 nitrogen and oxygen atoms in total. The maximum atomic E-state index is 12.7. The van der Waals surface area contributed by atoms with Crippen LogP contribution in [0.15, 0.2) is 34.7 Å². The molecule has 0 atom stereocenters. The lowest BCUT2D eigenvalue weighted by molar-refractivity contribution is -0.137. The lowest BCUT2D eigenvalue weighted by Crippen LogP contribution is -2.04. The second-order valence-corrected chi connectivity index (χ2v) is 4.62. The molecule has 5 heteroatoms. The first-order valence-corrected chi connectivity index (χ1v) is 6.17. The number of nitriles is 1. The molecule has 1 heterocycles. The molecule has 0 saturated carbocycles. The molecule has 0 aliphatic rings. The normalized spacial score (nSPS) is 12.3. The summed E-state index contributed by atoms with van der Waals surface area (Å²) in [5, 5.41) is 9.20. The standard InChI is InChI=1S/C16H12F3NO/c1-10-6-13(11(2)21-10)7-14(9-20)12-4-3-5-15(8-12)16(17,18)19/h3-8H,1-2H3/b14-7-. The number of hydrogen-bond donors (Lipinski definition) is 0. The molecule has 0 fully saturated rings. The van der Waals surface area contributed by atoms with E-state index in [9.17, 15) is 18.4 Å². The van der Waals surface area contributed by atoms with E-state index in [1.54, 1.807) is 19.9 Å². The maximum Gasteiger partial charge on any atom is 0.416 e. The Balaban J connectivity index is 2.48. The topological polar surface area (TPSA) is 36.9 Å². The van der Waals surface area contributed by atoms with E-state index in [2.05, 4.69) is 0 Å². The maximum absolute atomic E-state index is 12.7. The fourth-order valence-electron chi connectivity index (χ4n) is 1.99. The number of nitrogens with zero attached hydrogens (tertiary/aromatic N) is 1. The van der Waals surface area contributed by atoms with Crippen molar-refractivity contribution < 1.29 is 17.6 Å². The van der Waals surface area contributed by atoms with Gasteiger partial charge in [0.25, 0.3) is 0 Å². The molecular weight excluding hydrogens is 279 g/mol. The Bertz CT molecular complexity index is 733. The molecule has 1 aromatic heterocycles. The molecular formula is C16H12F3NO. The van der Waals surface area contributed by atoms with Gasteiger partial charge in [-0.2, -0.15) is 18.4 Å². The highest BCUT2D eigenvalue weighted by Gasteiger charge is 2.30. The zero-order chi connectivity index (χ0) is 15.6. The zero-order valence-corrected chi connectivity index (χ0v) is 11.5. The Labute approximate surface area is 120 Å². The minimum Gasteiger partial charge on any atom is -0.466 e. The summed E-state index contributed by atoms with van der Waals surface area (Å²) in [6.45, 7) is 3.50. The van der Waals surface area contributed by atoms with Crippen LogP contribution in [0.5, 0.6) is 0 Å². The quantitative estimate of drug-likeness (QED) is 0.732. The summed E-state index contributed by atoms with van der Waals surface area (Å²) in [6.07, 6.45) is -2.90. The molecule has 0 saturated heterocycles. The summed E-state index contributed by atoms with van der Waals surface area (Å²) in [7, 11) is 0. The Morgan fingerprint density at radius 2 is 1.95 bits per heavy atom. The molecule has 0 aliphatic heterocycles. The number of aryl methyl sites for hydroxylation is 2. The average Bonchev–Trinajstić information content (AvgIpc) is 2.73. The Morgan fingerprint density at radius 3 is 2.48 bits per heavy atom. The van der Waals surface area contributed by atoms with E-state index < -0.39 is 11.7 Å². The molecule has 1 aromatic carbocycles. The fourth-order valence-corrected chi connectivity index (χ4v) is 1.99. The van der Waals surface area contributed by atoms with Crippen molar-refractivity contribution in [2.24, 2.45) is 0 Å². The monoisotopic (exact) mass is 291 g/mol. The summed E-state index contributed by atoms with van der Waals surface area (Å²) in [5.74, 6) is 1.30. The summed E-state index contributed by atoms with van der Waals surface area (Å²) < 4.78 is 43.5. The number of benzene rings is 1. The summed E-state index contributed by atoms with van der Waals surface area (Å²) >= 11 is 0. The van der Waals surface area contributed by atoms with Crippen molar-refractivity contribution >= 4 is 11.6 Å². The lowest BCUT2D eigenvalue weighted by atomic mass is 10.0. The van der Waals surface area contributed by atoms with Crippen molar-refractivity contribution in [1.82, 2.24) is 0 Å². The third-order valence-electron chi connectivity index (χ3n) is 3.00. The van der Waals surface area contributed by atoms with E-state index in [1.165, 1.54) is 18.2 Å². The van der Waals surface area contributed by atoms with E-state index >= 15 is 0 Å². The number of furan rings is 1. The van der Waals surface area contributed by atoms with Crippen LogP contribution in [-0.4, -0.2) is 0 Å². The van der Waals surface area contributed by atoms with Crippen LogP contribution in [0, 0.1) is 25.2 Å². The van der Waals surface area contributed by atoms with Crippen molar-refractivity contribution in [3.63, 3.8) is 0 Å². The van der Waals surface area contributed by atoms with Crippen LogP contribution in [0.25, 0.3) is 11.6 Å². The molecule has 0 N–H and O–H groups in total. The fraction of sp³-hybridized carbons (Fsp3) is 0.188. The summed E-state index contributed by atoms with van der Waals surface area (Å²) in [4.78, 5) is 0. The van der Waals surface area contributed by atoms with Crippen molar-refractivity contribution in [2.45, 2.75) is 20.0 Å². The minimum absolute atomic E-state index is 0.157. The van der Waals surface area contributed by atoms with Crippen LogP contribution in [0.2, 0.25) is 0 Å². The third kappa shape index (κ3) is 3.34. The van der Waals surface area contributed by atoms with E-state index in [1.807, 2.05) is 6.07 Å². The zero-order valence-electron chi connectivity index (χ0n) is 11.5. The van der Waals surface area contributed by atoms with Gasteiger partial charge in [0, 0.05) is 5.56 Å². The molecule has 21 heavy (non-hydrogen) atoms. The minimum atomic E-state index is -4.43. The van der Waals surface area contributed by atoms with Gasteiger partial charge in [0.15, 0.2) is 0 Å². The van der Waals surface area contributed by atoms with Gasteiger partial charge in [0.1, 0.15) is 11.5 Å². The van der Waals surface area contributed by atoms with Gasteiger partial charge in [-0.05, 0) is 43.7 Å². The number of alkyl halides is 3. The third-order valence-corrected chi connectivity index (χ3v) is 3.00. The van der Waals surface area contributed by atoms with Gasteiger partial charge in [-0.25, -0.2) is 0 Å². The highest BCUT2D eigenvalue weighted by molar-refractivity contribution is 5.90. The SMILES string of the molecule is Cc1cc(/C=C(/C#N)c2cccc(C(F)(F)F)c2)c(C)o1. The summed E-state index contributed by atoms with van der Waals surface area (Å²) in [5.41, 5.74) is 0.290. The van der Waals surface area contributed by atoms with Crippen LogP contribution < -0.4 is 0 Å². The second-order valence-electron chi connectivity index (χ2n) is 4.62. The molecule has 2 rings (SSSR count).